The normalized spacial score (nSPS) is 12.4. The predicted molar refractivity (Wildman–Crippen MR) is 70.3 cm³/mol. The van der Waals surface area contributed by atoms with E-state index in [0.29, 0.717) is 0 Å². The first-order valence-corrected chi connectivity index (χ1v) is 7.91. The Morgan fingerprint density at radius 1 is 1.50 bits per heavy atom. The van der Waals surface area contributed by atoms with Crippen LogP contribution in [0.25, 0.3) is 0 Å². The molecule has 1 amide bonds. The second kappa shape index (κ2) is 7.13. The number of hydrogen-bond donors (Lipinski definition) is 1. The van der Waals surface area contributed by atoms with E-state index < -0.39 is 0 Å². The molecule has 7 heteroatoms. The number of nitrogens with zero attached hydrogens (tertiary/aromatic N) is 2. The van der Waals surface area contributed by atoms with Crippen molar-refractivity contribution in [2.45, 2.75) is 34.2 Å². The van der Waals surface area contributed by atoms with Crippen LogP contribution < -0.4 is 5.32 Å². The Balaban J connectivity index is 2.43. The maximum atomic E-state index is 11.6. The minimum absolute atomic E-state index is 0.0627. The molecular formula is C9H15N3OS3. The second-order valence-electron chi connectivity index (χ2n) is 3.09. The van der Waals surface area contributed by atoms with Gasteiger partial charge in [0.25, 0.3) is 0 Å². The summed E-state index contributed by atoms with van der Waals surface area (Å²) < 4.78 is 1.78. The molecule has 0 radical (unpaired) electrons. The molecule has 0 saturated heterocycles. The van der Waals surface area contributed by atoms with Gasteiger partial charge in [0.05, 0.1) is 5.25 Å². The summed E-state index contributed by atoms with van der Waals surface area (Å²) in [6.45, 7) is 4.65. The van der Waals surface area contributed by atoms with Gasteiger partial charge in [0.2, 0.25) is 5.91 Å². The lowest BCUT2D eigenvalue weighted by molar-refractivity contribution is -0.120. The Morgan fingerprint density at radius 3 is 2.75 bits per heavy atom. The van der Waals surface area contributed by atoms with Crippen LogP contribution in [-0.2, 0) is 4.79 Å². The number of rotatable bonds is 6. The van der Waals surface area contributed by atoms with Gasteiger partial charge in [-0.25, -0.2) is 0 Å². The van der Waals surface area contributed by atoms with Crippen LogP contribution in [0.2, 0.25) is 0 Å². The van der Waals surface area contributed by atoms with Gasteiger partial charge >= 0.3 is 0 Å². The summed E-state index contributed by atoms with van der Waals surface area (Å²) in [6.07, 6.45) is 2.92. The number of hydrogen-bond acceptors (Lipinski definition) is 6. The molecule has 0 spiro atoms. The highest BCUT2D eigenvalue weighted by Gasteiger charge is 2.16. The van der Waals surface area contributed by atoms with Crippen molar-refractivity contribution < 1.29 is 4.79 Å². The van der Waals surface area contributed by atoms with Crippen LogP contribution in [0.15, 0.2) is 8.68 Å². The SMILES string of the molecule is CCCNC(=O)C(C)Sc1nnc(SC)s1. The van der Waals surface area contributed by atoms with Crippen LogP contribution >= 0.6 is 34.9 Å². The van der Waals surface area contributed by atoms with Gasteiger partial charge in [0.15, 0.2) is 8.68 Å². The fourth-order valence-electron chi connectivity index (χ4n) is 0.924. The topological polar surface area (TPSA) is 54.9 Å². The molecule has 0 aliphatic heterocycles. The van der Waals surface area contributed by atoms with E-state index >= 15 is 0 Å². The molecule has 0 aliphatic carbocycles. The third-order valence-electron chi connectivity index (χ3n) is 1.76. The molecule has 16 heavy (non-hydrogen) atoms. The Hall–Kier alpha value is -0.270. The Kier molecular flexibility index (Phi) is 6.15. The van der Waals surface area contributed by atoms with Gasteiger partial charge in [-0.1, -0.05) is 41.8 Å². The fourth-order valence-corrected chi connectivity index (χ4v) is 3.53. The van der Waals surface area contributed by atoms with Crippen molar-refractivity contribution in [1.82, 2.24) is 15.5 Å². The van der Waals surface area contributed by atoms with Crippen molar-refractivity contribution in [1.29, 1.82) is 0 Å². The van der Waals surface area contributed by atoms with Crippen molar-refractivity contribution in [2.75, 3.05) is 12.8 Å². The van der Waals surface area contributed by atoms with E-state index in [1.54, 1.807) is 11.8 Å². The molecule has 1 aromatic heterocycles. The first kappa shape index (κ1) is 13.8. The minimum Gasteiger partial charge on any atom is -0.355 e. The second-order valence-corrected chi connectivity index (χ2v) is 6.71. The van der Waals surface area contributed by atoms with Crippen LogP contribution in [0.3, 0.4) is 0 Å². The van der Waals surface area contributed by atoms with Gasteiger partial charge in [-0.3, -0.25) is 4.79 Å². The van der Waals surface area contributed by atoms with Gasteiger partial charge < -0.3 is 5.32 Å². The first-order valence-electron chi connectivity index (χ1n) is 4.99. The standard InChI is InChI=1S/C9H15N3OS3/c1-4-5-10-7(13)6(2)15-9-12-11-8(14-3)16-9/h6H,4-5H2,1-3H3,(H,10,13). The van der Waals surface area contributed by atoms with Crippen molar-refractivity contribution in [3.05, 3.63) is 0 Å². The largest absolute Gasteiger partial charge is 0.355 e. The Bertz CT molecular complexity index is 342. The van der Waals surface area contributed by atoms with E-state index in [1.807, 2.05) is 20.1 Å². The molecule has 1 N–H and O–H groups in total. The molecule has 1 atom stereocenters. The number of carbonyl (C=O) groups excluding carboxylic acids is 1. The van der Waals surface area contributed by atoms with Gasteiger partial charge in [0.1, 0.15) is 0 Å². The average Bonchev–Trinajstić information content (AvgIpc) is 2.73. The van der Waals surface area contributed by atoms with Gasteiger partial charge in [-0.15, -0.1) is 10.2 Å². The maximum Gasteiger partial charge on any atom is 0.233 e. The molecule has 4 nitrogen and oxygen atoms in total. The zero-order valence-corrected chi connectivity index (χ0v) is 12.0. The number of carbonyl (C=O) groups is 1. The van der Waals surface area contributed by atoms with Crippen molar-refractivity contribution in [3.8, 4) is 0 Å². The molecule has 0 bridgehead atoms. The lowest BCUT2D eigenvalue weighted by atomic mass is 10.4. The summed E-state index contributed by atoms with van der Waals surface area (Å²) in [5.41, 5.74) is 0. The van der Waals surface area contributed by atoms with Gasteiger partial charge in [-0.05, 0) is 19.6 Å². The number of amides is 1. The van der Waals surface area contributed by atoms with Crippen molar-refractivity contribution in [2.24, 2.45) is 0 Å². The van der Waals surface area contributed by atoms with E-state index in [1.165, 1.54) is 23.1 Å². The molecule has 1 unspecified atom stereocenters. The zero-order valence-electron chi connectivity index (χ0n) is 9.52. The number of thioether (sulfide) groups is 2. The molecular weight excluding hydrogens is 262 g/mol. The summed E-state index contributed by atoms with van der Waals surface area (Å²) in [6, 6.07) is 0. The highest BCUT2D eigenvalue weighted by Crippen LogP contribution is 2.29. The van der Waals surface area contributed by atoms with Crippen LogP contribution in [-0.4, -0.2) is 34.2 Å². The number of aromatic nitrogens is 2. The summed E-state index contributed by atoms with van der Waals surface area (Å²) >= 11 is 4.55. The van der Waals surface area contributed by atoms with Crippen LogP contribution in [0.4, 0.5) is 0 Å². The quantitative estimate of drug-likeness (QED) is 0.808. The molecule has 0 aromatic carbocycles. The third kappa shape index (κ3) is 4.31. The summed E-state index contributed by atoms with van der Waals surface area (Å²) in [7, 11) is 0. The van der Waals surface area contributed by atoms with E-state index in [-0.39, 0.29) is 11.2 Å². The third-order valence-corrected chi connectivity index (χ3v) is 4.84. The predicted octanol–water partition coefficient (Wildman–Crippen LogP) is 2.27. The minimum atomic E-state index is -0.116. The van der Waals surface area contributed by atoms with Crippen LogP contribution in [0.1, 0.15) is 20.3 Å². The molecule has 1 aromatic rings. The first-order chi connectivity index (χ1) is 7.67. The fraction of sp³-hybridized carbons (Fsp3) is 0.667. The monoisotopic (exact) mass is 277 g/mol. The van der Waals surface area contributed by atoms with Crippen LogP contribution in [0, 0.1) is 0 Å². The van der Waals surface area contributed by atoms with Gasteiger partial charge in [-0.2, -0.15) is 0 Å². The molecule has 0 fully saturated rings. The van der Waals surface area contributed by atoms with Crippen molar-refractivity contribution in [3.63, 3.8) is 0 Å². The van der Waals surface area contributed by atoms with Crippen molar-refractivity contribution >= 4 is 40.8 Å². The lowest BCUT2D eigenvalue weighted by Gasteiger charge is -2.08. The van der Waals surface area contributed by atoms with Crippen LogP contribution in [0.5, 0.6) is 0 Å². The highest BCUT2D eigenvalue weighted by atomic mass is 32.2. The Morgan fingerprint density at radius 2 is 2.19 bits per heavy atom. The molecule has 90 valence electrons. The molecule has 0 saturated carbocycles. The lowest BCUT2D eigenvalue weighted by Crippen LogP contribution is -2.31. The Labute approximate surface area is 108 Å². The summed E-state index contributed by atoms with van der Waals surface area (Å²) in [5.74, 6) is 0.0627. The summed E-state index contributed by atoms with van der Waals surface area (Å²) in [4.78, 5) is 11.6. The van der Waals surface area contributed by atoms with Gasteiger partial charge in [0, 0.05) is 6.54 Å². The molecule has 1 rings (SSSR count). The number of nitrogens with one attached hydrogen (secondary N) is 1. The maximum absolute atomic E-state index is 11.6. The highest BCUT2D eigenvalue weighted by molar-refractivity contribution is 8.03. The smallest absolute Gasteiger partial charge is 0.233 e. The average molecular weight is 277 g/mol. The summed E-state index contributed by atoms with van der Waals surface area (Å²) in [5, 5.41) is 10.8. The van der Waals surface area contributed by atoms with E-state index in [9.17, 15) is 4.79 Å². The van der Waals surface area contributed by atoms with E-state index in [0.717, 1.165) is 21.6 Å². The van der Waals surface area contributed by atoms with E-state index in [2.05, 4.69) is 15.5 Å². The molecule has 1 heterocycles. The zero-order chi connectivity index (χ0) is 12.0. The molecule has 0 aliphatic rings. The van der Waals surface area contributed by atoms with E-state index in [4.69, 9.17) is 0 Å².